The summed E-state index contributed by atoms with van der Waals surface area (Å²) in [7, 11) is 0. The molecule has 7 nitrogen and oxygen atoms in total. The van der Waals surface area contributed by atoms with Gasteiger partial charge in [-0.2, -0.15) is 4.98 Å². The molecule has 5 rings (SSSR count). The lowest BCUT2D eigenvalue weighted by Gasteiger charge is -2.23. The Kier molecular flexibility index (Phi) is 6.27. The summed E-state index contributed by atoms with van der Waals surface area (Å²) >= 11 is 3.55. The zero-order valence-corrected chi connectivity index (χ0v) is 21.0. The van der Waals surface area contributed by atoms with E-state index in [-0.39, 0.29) is 5.91 Å². The van der Waals surface area contributed by atoms with Gasteiger partial charge >= 0.3 is 0 Å². The van der Waals surface area contributed by atoms with E-state index in [1.54, 1.807) is 6.20 Å². The maximum absolute atomic E-state index is 12.4. The van der Waals surface area contributed by atoms with Crippen molar-refractivity contribution in [3.05, 3.63) is 69.8 Å². The van der Waals surface area contributed by atoms with E-state index in [1.807, 2.05) is 32.0 Å². The minimum Gasteiger partial charge on any atom is -0.365 e. The van der Waals surface area contributed by atoms with Gasteiger partial charge in [-0.1, -0.05) is 24.3 Å². The van der Waals surface area contributed by atoms with Crippen LogP contribution in [-0.2, 0) is 16.8 Å². The monoisotopic (exact) mass is 520 g/mol. The first-order chi connectivity index (χ1) is 16.4. The molecule has 2 aliphatic rings. The molecule has 0 unspecified atom stereocenters. The molecule has 1 amide bonds. The fourth-order valence-electron chi connectivity index (χ4n) is 4.84. The quantitative estimate of drug-likeness (QED) is 0.353. The molecule has 0 radical (unpaired) electrons. The van der Waals surface area contributed by atoms with E-state index in [9.17, 15) is 4.79 Å². The van der Waals surface area contributed by atoms with Gasteiger partial charge in [-0.3, -0.25) is 4.79 Å². The number of aromatic nitrogens is 2. The third kappa shape index (κ3) is 4.52. The van der Waals surface area contributed by atoms with Gasteiger partial charge in [0, 0.05) is 24.1 Å². The van der Waals surface area contributed by atoms with Crippen molar-refractivity contribution in [1.29, 1.82) is 0 Å². The number of hydrogen-bond acceptors (Lipinski definition) is 6. The normalized spacial score (nSPS) is 17.2. The van der Waals surface area contributed by atoms with Crippen molar-refractivity contribution in [2.45, 2.75) is 44.6 Å². The average molecular weight is 521 g/mol. The number of nitrogens with one attached hydrogen (secondary N) is 4. The first-order valence-corrected chi connectivity index (χ1v) is 12.5. The minimum absolute atomic E-state index is 0.0239. The van der Waals surface area contributed by atoms with E-state index in [0.717, 1.165) is 40.1 Å². The molecule has 3 aromatic rings. The summed E-state index contributed by atoms with van der Waals surface area (Å²) in [5, 5.41) is 13.1. The molecule has 1 aromatic heterocycles. The highest BCUT2D eigenvalue weighted by Crippen LogP contribution is 2.40. The maximum atomic E-state index is 12.4. The molecule has 2 aromatic carbocycles. The van der Waals surface area contributed by atoms with Crippen LogP contribution in [0.15, 0.2) is 53.1 Å². The zero-order chi connectivity index (χ0) is 23.7. The molecule has 1 fully saturated rings. The zero-order valence-electron chi connectivity index (χ0n) is 19.4. The number of amides is 1. The average Bonchev–Trinajstić information content (AvgIpc) is 3.09. The van der Waals surface area contributed by atoms with E-state index in [4.69, 9.17) is 0 Å². The molecule has 0 atom stereocenters. The first kappa shape index (κ1) is 22.8. The number of rotatable bonds is 6. The Morgan fingerprint density at radius 3 is 2.65 bits per heavy atom. The summed E-state index contributed by atoms with van der Waals surface area (Å²) in [5.74, 6) is 1.87. The van der Waals surface area contributed by atoms with Crippen LogP contribution in [0.25, 0.3) is 0 Å². The number of fused-ring (bicyclic) bond motifs is 1. The molecule has 0 aliphatic carbocycles. The van der Waals surface area contributed by atoms with Crippen molar-refractivity contribution in [3.63, 3.8) is 0 Å². The SMILES string of the molecule is CC1(C)C(=O)Nc2cccc(CNc3nc(Nc4ccc(C5CCNCC5)cc4)ncc3Br)c21. The van der Waals surface area contributed by atoms with Crippen molar-refractivity contribution in [1.82, 2.24) is 15.3 Å². The predicted octanol–water partition coefficient (Wildman–Crippen LogP) is 5.29. The Labute approximate surface area is 208 Å². The number of hydrogen-bond donors (Lipinski definition) is 4. The van der Waals surface area contributed by atoms with Gasteiger partial charge in [-0.25, -0.2) is 4.98 Å². The summed E-state index contributed by atoms with van der Waals surface area (Å²) in [4.78, 5) is 21.5. The lowest BCUT2D eigenvalue weighted by atomic mass is 9.83. The summed E-state index contributed by atoms with van der Waals surface area (Å²) in [5.41, 5.74) is 4.75. The standard InChI is InChI=1S/C26H29BrN6O/c1-26(2)22-18(4-3-5-21(22)32-24(26)34)14-29-23-20(27)15-30-25(33-23)31-19-8-6-16(7-9-19)17-10-12-28-13-11-17/h3-9,15,17,28H,10-14H2,1-2H3,(H,32,34)(H2,29,30,31,33). The van der Waals surface area contributed by atoms with E-state index >= 15 is 0 Å². The van der Waals surface area contributed by atoms with Crippen LogP contribution >= 0.6 is 15.9 Å². The van der Waals surface area contributed by atoms with Gasteiger partial charge in [0.1, 0.15) is 5.82 Å². The van der Waals surface area contributed by atoms with Gasteiger partial charge in [0.15, 0.2) is 0 Å². The highest BCUT2D eigenvalue weighted by atomic mass is 79.9. The van der Waals surface area contributed by atoms with Crippen LogP contribution in [0.3, 0.4) is 0 Å². The fourth-order valence-corrected chi connectivity index (χ4v) is 5.17. The first-order valence-electron chi connectivity index (χ1n) is 11.7. The van der Waals surface area contributed by atoms with Crippen LogP contribution in [0.2, 0.25) is 0 Å². The second-order valence-corrected chi connectivity index (χ2v) is 10.3. The number of anilines is 4. The predicted molar refractivity (Wildman–Crippen MR) is 140 cm³/mol. The molecule has 3 heterocycles. The van der Waals surface area contributed by atoms with Crippen LogP contribution in [0.1, 0.15) is 49.3 Å². The van der Waals surface area contributed by atoms with Crippen LogP contribution in [0, 0.1) is 0 Å². The Morgan fingerprint density at radius 2 is 1.88 bits per heavy atom. The Morgan fingerprint density at radius 1 is 1.12 bits per heavy atom. The highest BCUT2D eigenvalue weighted by molar-refractivity contribution is 9.10. The molecular formula is C26H29BrN6O. The number of carbonyl (C=O) groups is 1. The number of benzene rings is 2. The largest absolute Gasteiger partial charge is 0.365 e. The molecule has 1 saturated heterocycles. The minimum atomic E-state index is -0.566. The molecule has 4 N–H and O–H groups in total. The molecule has 0 spiro atoms. The second-order valence-electron chi connectivity index (χ2n) is 9.43. The molecule has 176 valence electrons. The van der Waals surface area contributed by atoms with E-state index in [2.05, 4.69) is 71.4 Å². The molecular weight excluding hydrogens is 492 g/mol. The van der Waals surface area contributed by atoms with Gasteiger partial charge in [0.05, 0.1) is 9.89 Å². The number of nitrogens with zero attached hydrogens (tertiary/aromatic N) is 2. The van der Waals surface area contributed by atoms with Gasteiger partial charge in [0.2, 0.25) is 11.9 Å². The third-order valence-corrected chi connectivity index (χ3v) is 7.34. The Hall–Kier alpha value is -2.97. The van der Waals surface area contributed by atoms with Gasteiger partial charge < -0.3 is 21.3 Å². The van der Waals surface area contributed by atoms with E-state index in [0.29, 0.717) is 24.2 Å². The van der Waals surface area contributed by atoms with Crippen molar-refractivity contribution in [2.75, 3.05) is 29.0 Å². The number of piperidine rings is 1. The molecule has 0 bridgehead atoms. The maximum Gasteiger partial charge on any atom is 0.234 e. The number of halogens is 1. The van der Waals surface area contributed by atoms with Crippen molar-refractivity contribution in [2.24, 2.45) is 0 Å². The fraction of sp³-hybridized carbons (Fsp3) is 0.346. The van der Waals surface area contributed by atoms with Crippen molar-refractivity contribution >= 4 is 45.0 Å². The van der Waals surface area contributed by atoms with Crippen molar-refractivity contribution in [3.8, 4) is 0 Å². The van der Waals surface area contributed by atoms with Crippen LogP contribution < -0.4 is 21.3 Å². The summed E-state index contributed by atoms with van der Waals surface area (Å²) in [6.07, 6.45) is 4.11. The van der Waals surface area contributed by atoms with E-state index < -0.39 is 5.41 Å². The third-order valence-electron chi connectivity index (χ3n) is 6.76. The summed E-state index contributed by atoms with van der Waals surface area (Å²) in [6, 6.07) is 14.5. The lowest BCUT2D eigenvalue weighted by molar-refractivity contribution is -0.119. The second kappa shape index (κ2) is 9.35. The van der Waals surface area contributed by atoms with Crippen LogP contribution in [0.4, 0.5) is 23.1 Å². The van der Waals surface area contributed by atoms with Crippen LogP contribution in [-0.4, -0.2) is 29.0 Å². The smallest absolute Gasteiger partial charge is 0.234 e. The molecule has 2 aliphatic heterocycles. The Bertz CT molecular complexity index is 1200. The summed E-state index contributed by atoms with van der Waals surface area (Å²) in [6.45, 7) is 6.63. The van der Waals surface area contributed by atoms with Crippen LogP contribution in [0.5, 0.6) is 0 Å². The molecule has 8 heteroatoms. The molecule has 34 heavy (non-hydrogen) atoms. The molecule has 0 saturated carbocycles. The summed E-state index contributed by atoms with van der Waals surface area (Å²) < 4.78 is 0.778. The highest BCUT2D eigenvalue weighted by Gasteiger charge is 2.39. The van der Waals surface area contributed by atoms with Gasteiger partial charge in [-0.15, -0.1) is 0 Å². The van der Waals surface area contributed by atoms with Gasteiger partial charge in [-0.05, 0) is 96.5 Å². The topological polar surface area (TPSA) is 91.0 Å². The van der Waals surface area contributed by atoms with E-state index in [1.165, 1.54) is 18.4 Å². The lowest BCUT2D eigenvalue weighted by Crippen LogP contribution is -2.28. The number of carbonyl (C=O) groups excluding carboxylic acids is 1. The Balaban J connectivity index is 1.29. The van der Waals surface area contributed by atoms with Gasteiger partial charge in [0.25, 0.3) is 0 Å². The van der Waals surface area contributed by atoms with Crippen molar-refractivity contribution < 1.29 is 4.79 Å².